The minimum Gasteiger partial charge on any atom is -0.434 e. The van der Waals surface area contributed by atoms with Gasteiger partial charge in [0.1, 0.15) is 87.7 Å². The number of amides is 7. The Balaban J connectivity index is 0.000000129. The molecule has 42 nitrogen and oxygen atoms in total. The zero-order valence-corrected chi connectivity index (χ0v) is 81.1. The van der Waals surface area contributed by atoms with E-state index in [1.807, 2.05) is 18.4 Å². The largest absolute Gasteiger partial charge is 0.434 e. The number of primary amides is 1. The molecule has 5 aliphatic heterocycles. The van der Waals surface area contributed by atoms with Crippen LogP contribution in [0.15, 0.2) is 228 Å². The number of nitrogens with zero attached hydrogens (tertiary/aromatic N) is 22. The first-order chi connectivity index (χ1) is 71.6. The van der Waals surface area contributed by atoms with Gasteiger partial charge in [-0.05, 0) is 110 Å². The lowest BCUT2D eigenvalue weighted by Gasteiger charge is -2.26. The van der Waals surface area contributed by atoms with Crippen molar-refractivity contribution in [1.82, 2.24) is 107 Å². The van der Waals surface area contributed by atoms with Crippen molar-refractivity contribution < 1.29 is 107 Å². The maximum absolute atomic E-state index is 13.4. The third kappa shape index (κ3) is 24.4. The second-order valence-electron chi connectivity index (χ2n) is 33.0. The summed E-state index contributed by atoms with van der Waals surface area (Å²) in [5, 5.41) is 46.4. The number of alkyl halides is 8. The van der Waals surface area contributed by atoms with Gasteiger partial charge in [0.15, 0.2) is 22.6 Å². The van der Waals surface area contributed by atoms with E-state index in [9.17, 15) is 68.7 Å². The SMILES string of the molecule is CN(C)C(=O)Cn1cc(NC(=O)c2cnn3cccnc23)c(-c2cc(SC3COC3)ccc2OC(F)F)n1.CSc1ccc(OC(F)F)c(-c2nn(CC(N)=O)cc2NC(=O)c2cnn3cccnc23)c1.O=C(Nc1cn(C2COC2)nc1-c1cc(SC2COC2)ccc1OC(F)F)c1cnn2cccnc12.O=C(Nc1cn(CC(=O)N2CC=CCC2)nc1-c1cc(SC2COC2)ccc1OC(F)F)c1cnn2cccnc12. The number of nitrogens with two attached hydrogens (primary N) is 1. The molecule has 16 aromatic rings. The van der Waals surface area contributed by atoms with Crippen LogP contribution in [0.1, 0.15) is 53.9 Å². The van der Waals surface area contributed by atoms with Gasteiger partial charge in [-0.25, -0.2) is 38.0 Å². The van der Waals surface area contributed by atoms with Gasteiger partial charge in [0, 0.05) is 143 Å². The van der Waals surface area contributed by atoms with Crippen LogP contribution in [0, 0.1) is 0 Å². The number of rotatable bonds is 34. The number of anilines is 4. The topological polar surface area (TPSA) is 466 Å². The molecule has 766 valence electrons. The van der Waals surface area contributed by atoms with Gasteiger partial charge >= 0.3 is 26.4 Å². The summed E-state index contributed by atoms with van der Waals surface area (Å²) >= 11 is 6.05. The maximum atomic E-state index is 13.4. The van der Waals surface area contributed by atoms with Crippen molar-refractivity contribution in [3.8, 4) is 68.0 Å². The summed E-state index contributed by atoms with van der Waals surface area (Å²) in [6, 6.07) is 25.9. The molecule has 5 aliphatic rings. The zero-order valence-electron chi connectivity index (χ0n) is 77.8. The molecule has 0 atom stereocenters. The van der Waals surface area contributed by atoms with Gasteiger partial charge in [-0.3, -0.25) is 52.3 Å². The van der Waals surface area contributed by atoms with E-state index in [0.717, 1.165) is 26.0 Å². The van der Waals surface area contributed by atoms with Gasteiger partial charge in [0.25, 0.3) is 23.6 Å². The standard InChI is InChI=1S/C27H25F2N7O4S.C24H23F2N7O4S.C23H20F2N6O4S.C20H17F2N7O3S/c28-27(29)40-22-6-5-17(41-18-15-39-16-18)11-19(22)24-21(13-35(33-24)14-23(37)34-8-2-1-3-9-34)32-26(38)20-12-31-36-10-4-7-30-25(20)36;1-31(2)20(34)11-32-10-18(29-23(35)17-9-28-33-7-3-6-27-22(17)33)21(30-32)16-8-14(38-15-12-36-13-15)4-5-19(16)37-24(25)26;24-23(25)35-19-3-2-14(36-15-11-34-12-15)6-16(19)20-18(8-31(29-20)13-9-33-10-13)28-22(32)17-7-27-30-5-1-4-26-21(17)30;1-33-11-3-4-15(32-20(21)22)12(7-11)17-14(9-28(27-17)10-16(23)30)26-19(31)13-8-25-29-6-2-5-24-18(13)29/h1-2,4-7,10-13,18,27H,3,8-9,14-16H2,(H,32,38);3-10,15,24H,11-13H2,1-2H3,(H,29,35);1-8,13,15,23H,9-12H2,(H,28,32);2-9,20H,10H2,1H3,(H2,23,30)(H,26,31). The molecule has 4 fully saturated rings. The van der Waals surface area contributed by atoms with Crippen molar-refractivity contribution in [1.29, 1.82) is 0 Å². The first kappa shape index (κ1) is 102. The van der Waals surface area contributed by atoms with Crippen LogP contribution in [0.4, 0.5) is 57.9 Å². The Morgan fingerprint density at radius 2 is 0.750 bits per heavy atom. The normalized spacial score (nSPS) is 14.1. The summed E-state index contributed by atoms with van der Waals surface area (Å²) in [6.07, 6.45) is 30.9. The van der Waals surface area contributed by atoms with Gasteiger partial charge < -0.3 is 74.7 Å². The highest BCUT2D eigenvalue weighted by molar-refractivity contribution is 8.00. The number of nitrogens with one attached hydrogen (secondary N) is 4. The van der Waals surface area contributed by atoms with Crippen LogP contribution in [-0.2, 0) is 53.0 Å². The zero-order chi connectivity index (χ0) is 103. The number of halogens is 8. The van der Waals surface area contributed by atoms with E-state index in [1.165, 1.54) is 141 Å². The molecule has 17 heterocycles. The van der Waals surface area contributed by atoms with Crippen LogP contribution >= 0.6 is 47.0 Å². The molecule has 0 aliphatic carbocycles. The number of carbonyl (C=O) groups excluding carboxylic acids is 7. The van der Waals surface area contributed by atoms with Crippen molar-refractivity contribution in [2.24, 2.45) is 5.73 Å². The van der Waals surface area contributed by atoms with Gasteiger partial charge in [0.2, 0.25) is 17.7 Å². The summed E-state index contributed by atoms with van der Waals surface area (Å²) in [4.78, 5) is 113. The van der Waals surface area contributed by atoms with Crippen molar-refractivity contribution >= 4 is 134 Å². The van der Waals surface area contributed by atoms with E-state index in [4.69, 9.17) is 38.9 Å². The fourth-order valence-electron chi connectivity index (χ4n) is 15.2. The van der Waals surface area contributed by atoms with E-state index >= 15 is 0 Å². The molecule has 0 unspecified atom stereocenters. The summed E-state index contributed by atoms with van der Waals surface area (Å²) in [7, 11) is 3.21. The van der Waals surface area contributed by atoms with Crippen LogP contribution in [0.3, 0.4) is 0 Å². The highest BCUT2D eigenvalue weighted by atomic mass is 32.2. The van der Waals surface area contributed by atoms with Crippen molar-refractivity contribution in [3.05, 3.63) is 231 Å². The summed E-state index contributed by atoms with van der Waals surface area (Å²) < 4.78 is 158. The summed E-state index contributed by atoms with van der Waals surface area (Å²) in [6.45, 7) is -7.15. The predicted molar refractivity (Wildman–Crippen MR) is 522 cm³/mol. The molecule has 0 radical (unpaired) electrons. The molecule has 0 bridgehead atoms. The molecule has 4 saturated heterocycles. The van der Waals surface area contributed by atoms with Gasteiger partial charge in [-0.15, -0.1) is 47.0 Å². The van der Waals surface area contributed by atoms with E-state index in [2.05, 4.69) is 86.7 Å². The number of carbonyl (C=O) groups is 7. The number of thioether (sulfide) groups is 4. The van der Waals surface area contributed by atoms with Crippen molar-refractivity contribution in [3.63, 3.8) is 0 Å². The molecular weight excluding hydrogens is 2030 g/mol. The number of hydrogen-bond donors (Lipinski definition) is 5. The van der Waals surface area contributed by atoms with Gasteiger partial charge in [0.05, 0.1) is 122 Å². The van der Waals surface area contributed by atoms with E-state index in [0.29, 0.717) is 105 Å². The van der Waals surface area contributed by atoms with Crippen LogP contribution in [0.5, 0.6) is 23.0 Å². The monoisotopic (exact) mass is 2110 g/mol. The number of ether oxygens (including phenoxy) is 8. The fraction of sp³-hybridized carbons (Fsp3) is 0.266. The van der Waals surface area contributed by atoms with Gasteiger partial charge in [-0.2, -0.15) is 75.9 Å². The molecule has 12 aromatic heterocycles. The number of likely N-dealkylation sites (N-methyl/N-ethyl adjacent to an activating group) is 1. The Morgan fingerprint density at radius 1 is 0.426 bits per heavy atom. The second-order valence-corrected chi connectivity index (χ2v) is 38.0. The quantitative estimate of drug-likeness (QED) is 0.0142. The summed E-state index contributed by atoms with van der Waals surface area (Å²) in [5.41, 5.74) is 10.2. The lowest BCUT2D eigenvalue weighted by Crippen LogP contribution is -2.36. The molecular formula is C94H85F8N27O15S4. The molecule has 4 aromatic carbocycles. The van der Waals surface area contributed by atoms with Crippen LogP contribution < -0.4 is 45.9 Å². The molecule has 7 amide bonds. The van der Waals surface area contributed by atoms with Crippen molar-refractivity contribution in [2.75, 3.05) is 108 Å². The highest BCUT2D eigenvalue weighted by Gasteiger charge is 2.34. The number of hydrogen-bond acceptors (Lipinski definition) is 31. The third-order valence-corrected chi connectivity index (χ3v) is 26.7. The Labute approximate surface area is 848 Å². The average Bonchev–Trinajstić information content (AvgIpc) is 1.65. The first-order valence-corrected chi connectivity index (χ1v) is 48.8. The minimum absolute atomic E-state index is 0.0304. The highest BCUT2D eigenvalue weighted by Crippen LogP contribution is 2.46. The Morgan fingerprint density at radius 3 is 1.05 bits per heavy atom. The second kappa shape index (κ2) is 46.2. The van der Waals surface area contributed by atoms with Gasteiger partial charge in [-0.1, -0.05) is 12.2 Å². The van der Waals surface area contributed by atoms with E-state index < -0.39 is 56.0 Å². The molecule has 0 saturated carbocycles. The molecule has 54 heteroatoms. The Hall–Kier alpha value is -15.9. The molecule has 0 spiro atoms. The van der Waals surface area contributed by atoms with E-state index in [1.54, 1.807) is 163 Å². The summed E-state index contributed by atoms with van der Waals surface area (Å²) in [5.74, 6) is -3.56. The third-order valence-electron chi connectivity index (χ3n) is 22.6. The van der Waals surface area contributed by atoms with Crippen molar-refractivity contribution in [2.45, 2.75) is 93.9 Å². The molecule has 6 N–H and O–H groups in total. The maximum Gasteiger partial charge on any atom is 0.387 e. The fourth-order valence-corrected chi connectivity index (χ4v) is 18.8. The number of aromatic nitrogens is 20. The minimum atomic E-state index is -3.08. The van der Waals surface area contributed by atoms with E-state index in [-0.39, 0.29) is 149 Å². The van der Waals surface area contributed by atoms with Crippen LogP contribution in [0.25, 0.3) is 67.6 Å². The number of fused-ring (bicyclic) bond motifs is 4. The lowest BCUT2D eigenvalue weighted by atomic mass is 10.1. The Bertz CT molecular complexity index is 7610. The lowest BCUT2D eigenvalue weighted by molar-refractivity contribution is -0.131. The first-order valence-electron chi connectivity index (χ1n) is 45.0. The van der Waals surface area contributed by atoms with Crippen LogP contribution in [-0.4, -0.2) is 277 Å². The molecule has 21 rings (SSSR count). The smallest absolute Gasteiger partial charge is 0.387 e. The Kier molecular flexibility index (Phi) is 31.9. The number of benzene rings is 4. The molecule has 148 heavy (non-hydrogen) atoms. The predicted octanol–water partition coefficient (Wildman–Crippen LogP) is 12.9. The van der Waals surface area contributed by atoms with Crippen LogP contribution in [0.2, 0.25) is 0 Å². The average molecular weight is 2110 g/mol.